The summed E-state index contributed by atoms with van der Waals surface area (Å²) >= 11 is 0. The Morgan fingerprint density at radius 1 is 1.42 bits per heavy atom. The lowest BCUT2D eigenvalue weighted by atomic mass is 10.0. The fraction of sp³-hybridized carbons (Fsp3) is 0.333. The van der Waals surface area contributed by atoms with E-state index in [-0.39, 0.29) is 0 Å². The predicted octanol–water partition coefficient (Wildman–Crippen LogP) is 3.59. The van der Waals surface area contributed by atoms with Crippen molar-refractivity contribution < 1.29 is 0 Å². The van der Waals surface area contributed by atoms with Gasteiger partial charge in [-0.3, -0.25) is 0 Å². The van der Waals surface area contributed by atoms with Crippen molar-refractivity contribution in [2.24, 2.45) is 0 Å². The summed E-state index contributed by atoms with van der Waals surface area (Å²) < 4.78 is 0. The van der Waals surface area contributed by atoms with Crippen LogP contribution < -0.4 is 0 Å². The Labute approximate surface area is 74.9 Å². The minimum Gasteiger partial charge on any atom is -0.0985 e. The fourth-order valence-corrected chi connectivity index (χ4v) is 1.40. The van der Waals surface area contributed by atoms with Gasteiger partial charge in [0.05, 0.1) is 0 Å². The summed E-state index contributed by atoms with van der Waals surface area (Å²) in [5.74, 6) is 0. The summed E-state index contributed by atoms with van der Waals surface area (Å²) in [5, 5.41) is 0. The molecule has 0 atom stereocenters. The van der Waals surface area contributed by atoms with Gasteiger partial charge in [-0.05, 0) is 24.5 Å². The third-order valence-corrected chi connectivity index (χ3v) is 2.04. The molecule has 0 heterocycles. The Bertz CT molecular complexity index is 271. The third-order valence-electron chi connectivity index (χ3n) is 2.04. The first kappa shape index (κ1) is 9.05. The Morgan fingerprint density at radius 3 is 2.75 bits per heavy atom. The van der Waals surface area contributed by atoms with Crippen molar-refractivity contribution >= 4 is 6.08 Å². The van der Waals surface area contributed by atoms with Gasteiger partial charge in [0.2, 0.25) is 0 Å². The van der Waals surface area contributed by atoms with Crippen LogP contribution >= 0.6 is 0 Å². The molecule has 12 heavy (non-hydrogen) atoms. The monoisotopic (exact) mass is 160 g/mol. The maximum atomic E-state index is 3.81. The quantitative estimate of drug-likeness (QED) is 0.634. The van der Waals surface area contributed by atoms with Crippen LogP contribution in [0.15, 0.2) is 24.8 Å². The highest BCUT2D eigenvalue weighted by Crippen LogP contribution is 2.14. The normalized spacial score (nSPS) is 9.83. The van der Waals surface area contributed by atoms with Gasteiger partial charge in [-0.25, -0.2) is 0 Å². The van der Waals surface area contributed by atoms with E-state index in [1.807, 2.05) is 6.08 Å². The molecule has 0 nitrogen and oxygen atoms in total. The van der Waals surface area contributed by atoms with Gasteiger partial charge < -0.3 is 0 Å². The second kappa shape index (κ2) is 4.10. The Morgan fingerprint density at radius 2 is 2.17 bits per heavy atom. The number of hydrogen-bond donors (Lipinski definition) is 0. The molecule has 0 unspecified atom stereocenters. The van der Waals surface area contributed by atoms with E-state index in [1.54, 1.807) is 0 Å². The molecule has 0 radical (unpaired) electrons. The van der Waals surface area contributed by atoms with Crippen LogP contribution in [0.25, 0.3) is 6.08 Å². The minimum absolute atomic E-state index is 1.15. The molecule has 1 rings (SSSR count). The van der Waals surface area contributed by atoms with Gasteiger partial charge in [0, 0.05) is 0 Å². The van der Waals surface area contributed by atoms with E-state index in [0.29, 0.717) is 0 Å². The first-order valence-corrected chi connectivity index (χ1v) is 4.50. The highest BCUT2D eigenvalue weighted by molar-refractivity contribution is 5.53. The summed E-state index contributed by atoms with van der Waals surface area (Å²) in [6, 6.07) is 6.56. The van der Waals surface area contributed by atoms with Crippen molar-refractivity contribution in [3.05, 3.63) is 41.5 Å². The molecule has 0 aliphatic rings. The number of hydrogen-bond acceptors (Lipinski definition) is 0. The molecular formula is C12H16. The molecule has 0 aromatic heterocycles. The second-order valence-electron chi connectivity index (χ2n) is 3.16. The van der Waals surface area contributed by atoms with Crippen LogP contribution in [-0.2, 0) is 6.42 Å². The summed E-state index contributed by atoms with van der Waals surface area (Å²) in [7, 11) is 0. The molecule has 0 amide bonds. The summed E-state index contributed by atoms with van der Waals surface area (Å²) in [4.78, 5) is 0. The topological polar surface area (TPSA) is 0 Å². The van der Waals surface area contributed by atoms with Crippen LogP contribution in [0.3, 0.4) is 0 Å². The van der Waals surface area contributed by atoms with Crippen LogP contribution in [0, 0.1) is 6.92 Å². The van der Waals surface area contributed by atoms with Gasteiger partial charge in [-0.15, -0.1) is 0 Å². The number of benzene rings is 1. The smallest absolute Gasteiger partial charge is 0.0228 e. The summed E-state index contributed by atoms with van der Waals surface area (Å²) in [5.41, 5.74) is 4.01. The van der Waals surface area contributed by atoms with Crippen molar-refractivity contribution in [1.82, 2.24) is 0 Å². The Hall–Kier alpha value is -1.04. The molecule has 0 bridgehead atoms. The zero-order valence-corrected chi connectivity index (χ0v) is 7.93. The van der Waals surface area contributed by atoms with Crippen LogP contribution in [0.5, 0.6) is 0 Å². The van der Waals surface area contributed by atoms with Crippen molar-refractivity contribution in [1.29, 1.82) is 0 Å². The lowest BCUT2D eigenvalue weighted by Crippen LogP contribution is -1.88. The molecule has 0 N–H and O–H groups in total. The molecule has 0 heteroatoms. The van der Waals surface area contributed by atoms with Crippen LogP contribution in [0.2, 0.25) is 0 Å². The van der Waals surface area contributed by atoms with Crippen molar-refractivity contribution in [3.8, 4) is 0 Å². The summed E-state index contributed by atoms with van der Waals surface area (Å²) in [6.07, 6.45) is 4.30. The number of aryl methyl sites for hydroxylation is 2. The predicted molar refractivity (Wildman–Crippen MR) is 55.3 cm³/mol. The van der Waals surface area contributed by atoms with Gasteiger partial charge in [0.1, 0.15) is 0 Å². The minimum atomic E-state index is 1.15. The van der Waals surface area contributed by atoms with Crippen molar-refractivity contribution in [2.45, 2.75) is 26.7 Å². The van der Waals surface area contributed by atoms with E-state index in [0.717, 1.165) is 6.42 Å². The number of rotatable bonds is 3. The third kappa shape index (κ3) is 1.97. The van der Waals surface area contributed by atoms with Gasteiger partial charge >= 0.3 is 0 Å². The lowest BCUT2D eigenvalue weighted by molar-refractivity contribution is 0.919. The van der Waals surface area contributed by atoms with Gasteiger partial charge in [0.15, 0.2) is 0 Å². The molecular weight excluding hydrogens is 144 g/mol. The first-order chi connectivity index (χ1) is 5.77. The molecule has 0 aliphatic carbocycles. The fourth-order valence-electron chi connectivity index (χ4n) is 1.40. The maximum Gasteiger partial charge on any atom is -0.0228 e. The highest BCUT2D eigenvalue weighted by atomic mass is 14.0. The maximum absolute atomic E-state index is 3.81. The molecule has 1 aromatic carbocycles. The highest BCUT2D eigenvalue weighted by Gasteiger charge is 1.97. The van der Waals surface area contributed by atoms with Crippen LogP contribution in [0.4, 0.5) is 0 Å². The van der Waals surface area contributed by atoms with E-state index in [2.05, 4.69) is 38.6 Å². The van der Waals surface area contributed by atoms with Gasteiger partial charge in [-0.1, -0.05) is 49.8 Å². The largest absolute Gasteiger partial charge is 0.0985 e. The molecule has 0 fully saturated rings. The van der Waals surface area contributed by atoms with Gasteiger partial charge in [-0.2, -0.15) is 0 Å². The van der Waals surface area contributed by atoms with E-state index in [4.69, 9.17) is 0 Å². The van der Waals surface area contributed by atoms with Crippen molar-refractivity contribution in [3.63, 3.8) is 0 Å². The van der Waals surface area contributed by atoms with E-state index in [9.17, 15) is 0 Å². The summed E-state index contributed by atoms with van der Waals surface area (Å²) in [6.45, 7) is 8.13. The van der Waals surface area contributed by atoms with Crippen LogP contribution in [-0.4, -0.2) is 0 Å². The molecule has 64 valence electrons. The van der Waals surface area contributed by atoms with Crippen LogP contribution in [0.1, 0.15) is 30.0 Å². The second-order valence-corrected chi connectivity index (χ2v) is 3.16. The van der Waals surface area contributed by atoms with Crippen molar-refractivity contribution in [2.75, 3.05) is 0 Å². The molecule has 0 saturated heterocycles. The average Bonchev–Trinajstić information content (AvgIpc) is 2.08. The lowest BCUT2D eigenvalue weighted by Gasteiger charge is -2.04. The van der Waals surface area contributed by atoms with E-state index < -0.39 is 0 Å². The van der Waals surface area contributed by atoms with E-state index >= 15 is 0 Å². The molecule has 0 spiro atoms. The molecule has 1 aromatic rings. The average molecular weight is 160 g/mol. The molecule has 0 saturated carbocycles. The zero-order chi connectivity index (χ0) is 8.97. The molecule has 0 aliphatic heterocycles. The Balaban J connectivity index is 3.02. The standard InChI is InChI=1S/C12H16/c1-4-6-12-8-7-10(3)9-11(12)5-2/h5,7-9H,2,4,6H2,1,3H3. The van der Waals surface area contributed by atoms with E-state index in [1.165, 1.54) is 23.1 Å². The first-order valence-electron chi connectivity index (χ1n) is 4.50. The van der Waals surface area contributed by atoms with Gasteiger partial charge in [0.25, 0.3) is 0 Å². The SMILES string of the molecule is C=Cc1cc(C)ccc1CCC. The zero-order valence-electron chi connectivity index (χ0n) is 7.93. The Kier molecular flexibility index (Phi) is 3.09.